The number of likely N-dealkylation sites (N-methyl/N-ethyl adjacent to an activating group) is 1. The summed E-state index contributed by atoms with van der Waals surface area (Å²) in [5.41, 5.74) is 1.21. The summed E-state index contributed by atoms with van der Waals surface area (Å²) in [6.45, 7) is 6.86. The molecular formula is C20H29N5S. The molecule has 0 radical (unpaired) electrons. The number of nitrogens with one attached hydrogen (secondary N) is 1. The minimum Gasteiger partial charge on any atom is -0.357 e. The molecule has 0 aromatic carbocycles. The molecule has 0 bridgehead atoms. The van der Waals surface area contributed by atoms with E-state index in [9.17, 15) is 0 Å². The number of nitrogens with zero attached hydrogens (tertiary/aromatic N) is 4. The van der Waals surface area contributed by atoms with E-state index in [4.69, 9.17) is 4.99 Å². The number of guanidine groups is 1. The highest BCUT2D eigenvalue weighted by atomic mass is 32.1. The van der Waals surface area contributed by atoms with Crippen LogP contribution in [0, 0.1) is 0 Å². The molecule has 0 saturated carbocycles. The van der Waals surface area contributed by atoms with E-state index in [0.29, 0.717) is 6.54 Å². The summed E-state index contributed by atoms with van der Waals surface area (Å²) in [4.78, 5) is 15.4. The third-order valence-electron chi connectivity index (χ3n) is 4.62. The van der Waals surface area contributed by atoms with E-state index in [0.717, 1.165) is 44.4 Å². The molecule has 3 rings (SSSR count). The zero-order valence-corrected chi connectivity index (χ0v) is 16.6. The number of aliphatic imine (C=N–C) groups is 1. The standard InChI is InChI=1S/C20H29N5S/c1-3-21-20(24(2)13-9-18-7-6-14-26-18)23-16-17-8-10-22-19(15-17)25-11-4-5-12-25/h6-8,10,14-15H,3-5,9,11-13,16H2,1-2H3,(H,21,23). The summed E-state index contributed by atoms with van der Waals surface area (Å²) in [6, 6.07) is 8.56. The van der Waals surface area contributed by atoms with Crippen molar-refractivity contribution < 1.29 is 0 Å². The molecule has 5 nitrogen and oxygen atoms in total. The van der Waals surface area contributed by atoms with Gasteiger partial charge in [-0.25, -0.2) is 9.98 Å². The average molecular weight is 372 g/mol. The Morgan fingerprint density at radius 2 is 2.19 bits per heavy atom. The molecule has 26 heavy (non-hydrogen) atoms. The Morgan fingerprint density at radius 3 is 2.92 bits per heavy atom. The van der Waals surface area contributed by atoms with Crippen molar-refractivity contribution in [3.8, 4) is 0 Å². The summed E-state index contributed by atoms with van der Waals surface area (Å²) in [6.07, 6.45) is 5.49. The van der Waals surface area contributed by atoms with Crippen LogP contribution in [-0.2, 0) is 13.0 Å². The first kappa shape index (κ1) is 18.7. The van der Waals surface area contributed by atoms with Crippen molar-refractivity contribution in [2.45, 2.75) is 32.7 Å². The Balaban J connectivity index is 1.61. The summed E-state index contributed by atoms with van der Waals surface area (Å²) < 4.78 is 0. The van der Waals surface area contributed by atoms with Crippen molar-refractivity contribution in [3.05, 3.63) is 46.3 Å². The lowest BCUT2D eigenvalue weighted by atomic mass is 10.2. The molecule has 1 N–H and O–H groups in total. The maximum atomic E-state index is 4.84. The van der Waals surface area contributed by atoms with Crippen LogP contribution < -0.4 is 10.2 Å². The minimum absolute atomic E-state index is 0.676. The summed E-state index contributed by atoms with van der Waals surface area (Å²) in [5.74, 6) is 2.05. The first-order chi connectivity index (χ1) is 12.8. The van der Waals surface area contributed by atoms with Gasteiger partial charge in [0.1, 0.15) is 5.82 Å². The third kappa shape index (κ3) is 5.21. The number of hydrogen-bond acceptors (Lipinski definition) is 4. The predicted molar refractivity (Wildman–Crippen MR) is 111 cm³/mol. The van der Waals surface area contributed by atoms with E-state index in [1.807, 2.05) is 17.5 Å². The fourth-order valence-electron chi connectivity index (χ4n) is 3.15. The molecule has 0 spiro atoms. The second kappa shape index (κ2) is 9.57. The van der Waals surface area contributed by atoms with E-state index in [1.165, 1.54) is 23.3 Å². The number of aromatic nitrogens is 1. The zero-order chi connectivity index (χ0) is 18.2. The second-order valence-electron chi connectivity index (χ2n) is 6.64. The SMILES string of the molecule is CCNC(=NCc1ccnc(N2CCCC2)c1)N(C)CCc1cccs1. The van der Waals surface area contributed by atoms with Gasteiger partial charge >= 0.3 is 0 Å². The predicted octanol–water partition coefficient (Wildman–Crippen LogP) is 3.38. The minimum atomic E-state index is 0.676. The van der Waals surface area contributed by atoms with Gasteiger partial charge in [-0.3, -0.25) is 0 Å². The number of hydrogen-bond donors (Lipinski definition) is 1. The molecule has 0 atom stereocenters. The van der Waals surface area contributed by atoms with Crippen molar-refractivity contribution in [2.24, 2.45) is 4.99 Å². The van der Waals surface area contributed by atoms with Crippen molar-refractivity contribution in [3.63, 3.8) is 0 Å². The number of pyridine rings is 1. The van der Waals surface area contributed by atoms with Gasteiger partial charge in [0.15, 0.2) is 5.96 Å². The topological polar surface area (TPSA) is 43.8 Å². The van der Waals surface area contributed by atoms with Crippen LogP contribution >= 0.6 is 11.3 Å². The van der Waals surface area contributed by atoms with Crippen LogP contribution in [0.1, 0.15) is 30.2 Å². The van der Waals surface area contributed by atoms with Crippen LogP contribution in [0.5, 0.6) is 0 Å². The van der Waals surface area contributed by atoms with Crippen LogP contribution in [0.25, 0.3) is 0 Å². The third-order valence-corrected chi connectivity index (χ3v) is 5.56. The number of rotatable bonds is 7. The van der Waals surface area contributed by atoms with E-state index >= 15 is 0 Å². The van der Waals surface area contributed by atoms with E-state index < -0.39 is 0 Å². The smallest absolute Gasteiger partial charge is 0.193 e. The van der Waals surface area contributed by atoms with Crippen molar-refractivity contribution >= 4 is 23.1 Å². The zero-order valence-electron chi connectivity index (χ0n) is 15.8. The van der Waals surface area contributed by atoms with Gasteiger partial charge < -0.3 is 15.1 Å². The first-order valence-corrected chi connectivity index (χ1v) is 10.4. The quantitative estimate of drug-likeness (QED) is 0.599. The molecule has 1 saturated heterocycles. The number of anilines is 1. The number of thiophene rings is 1. The highest BCUT2D eigenvalue weighted by Gasteiger charge is 2.13. The van der Waals surface area contributed by atoms with Gasteiger partial charge in [-0.05, 0) is 55.3 Å². The van der Waals surface area contributed by atoms with Crippen LogP contribution in [0.15, 0.2) is 40.8 Å². The molecule has 0 aliphatic carbocycles. The molecular weight excluding hydrogens is 342 g/mol. The molecule has 3 heterocycles. The Labute approximate surface area is 160 Å². The lowest BCUT2D eigenvalue weighted by Gasteiger charge is -2.22. The van der Waals surface area contributed by atoms with Crippen molar-refractivity contribution in [2.75, 3.05) is 38.1 Å². The molecule has 140 valence electrons. The normalized spacial score (nSPS) is 14.7. The molecule has 1 fully saturated rings. The molecule has 2 aromatic rings. The second-order valence-corrected chi connectivity index (χ2v) is 7.67. The van der Waals surface area contributed by atoms with E-state index in [1.54, 1.807) is 0 Å². The van der Waals surface area contributed by atoms with Gasteiger partial charge in [0.2, 0.25) is 0 Å². The molecule has 0 unspecified atom stereocenters. The van der Waals surface area contributed by atoms with Crippen LogP contribution in [0.3, 0.4) is 0 Å². The Kier molecular flexibility index (Phi) is 6.89. The maximum absolute atomic E-state index is 4.84. The van der Waals surface area contributed by atoms with Gasteiger partial charge in [0.05, 0.1) is 6.54 Å². The van der Waals surface area contributed by atoms with Gasteiger partial charge in [-0.2, -0.15) is 0 Å². The highest BCUT2D eigenvalue weighted by molar-refractivity contribution is 7.09. The van der Waals surface area contributed by atoms with E-state index in [2.05, 4.69) is 63.7 Å². The fraction of sp³-hybridized carbons (Fsp3) is 0.500. The Bertz CT molecular complexity index is 692. The van der Waals surface area contributed by atoms with Crippen LogP contribution in [-0.4, -0.2) is 49.1 Å². The fourth-order valence-corrected chi connectivity index (χ4v) is 3.85. The largest absolute Gasteiger partial charge is 0.357 e. The van der Waals surface area contributed by atoms with Gasteiger partial charge in [0, 0.05) is 44.3 Å². The summed E-state index contributed by atoms with van der Waals surface area (Å²) in [5, 5.41) is 5.54. The average Bonchev–Trinajstić information content (AvgIpc) is 3.37. The molecule has 0 amide bonds. The summed E-state index contributed by atoms with van der Waals surface area (Å²) in [7, 11) is 2.11. The van der Waals surface area contributed by atoms with Gasteiger partial charge in [0.25, 0.3) is 0 Å². The van der Waals surface area contributed by atoms with Gasteiger partial charge in [-0.1, -0.05) is 6.07 Å². The first-order valence-electron chi connectivity index (χ1n) is 9.48. The molecule has 6 heteroatoms. The molecule has 1 aliphatic rings. The monoisotopic (exact) mass is 371 g/mol. The van der Waals surface area contributed by atoms with Crippen molar-refractivity contribution in [1.82, 2.24) is 15.2 Å². The maximum Gasteiger partial charge on any atom is 0.193 e. The highest BCUT2D eigenvalue weighted by Crippen LogP contribution is 2.19. The lowest BCUT2D eigenvalue weighted by molar-refractivity contribution is 0.486. The Morgan fingerprint density at radius 1 is 1.35 bits per heavy atom. The Hall–Kier alpha value is -2.08. The van der Waals surface area contributed by atoms with Gasteiger partial charge in [-0.15, -0.1) is 11.3 Å². The lowest BCUT2D eigenvalue weighted by Crippen LogP contribution is -2.39. The summed E-state index contributed by atoms with van der Waals surface area (Å²) >= 11 is 1.82. The molecule has 2 aromatic heterocycles. The van der Waals surface area contributed by atoms with Crippen molar-refractivity contribution in [1.29, 1.82) is 0 Å². The molecule has 1 aliphatic heterocycles. The van der Waals surface area contributed by atoms with Crippen LogP contribution in [0.2, 0.25) is 0 Å². The van der Waals surface area contributed by atoms with E-state index in [-0.39, 0.29) is 0 Å². The van der Waals surface area contributed by atoms with Crippen LogP contribution in [0.4, 0.5) is 5.82 Å².